The molecule has 3 heterocycles. The summed E-state index contributed by atoms with van der Waals surface area (Å²) in [6.07, 6.45) is 5.63. The number of aromatic nitrogens is 3. The number of piperazine rings is 1. The maximum atomic E-state index is 12.2. The van der Waals surface area contributed by atoms with Crippen molar-refractivity contribution < 1.29 is 14.1 Å². The van der Waals surface area contributed by atoms with Gasteiger partial charge in [-0.3, -0.25) is 0 Å². The van der Waals surface area contributed by atoms with Gasteiger partial charge in [0, 0.05) is 37.8 Å². The molecule has 0 atom stereocenters. The Morgan fingerprint density at radius 2 is 1.80 bits per heavy atom. The number of nitrogens with zero attached hydrogens (tertiary/aromatic N) is 5. The molecule has 0 bridgehead atoms. The molecular formula is C23H28N5O2+. The number of carbonyl (C=O) groups excluding carboxylic acids is 1. The molecule has 0 radical (unpaired) electrons. The molecule has 0 aliphatic carbocycles. The van der Waals surface area contributed by atoms with E-state index in [1.807, 2.05) is 63.6 Å². The number of benzene rings is 1. The molecule has 0 saturated carbocycles. The number of hydrogen-bond acceptors (Lipinski definition) is 5. The summed E-state index contributed by atoms with van der Waals surface area (Å²) in [7, 11) is 0. The van der Waals surface area contributed by atoms with Crippen molar-refractivity contribution in [2.24, 2.45) is 0 Å². The number of hydrogen-bond donors (Lipinski definition) is 0. The highest BCUT2D eigenvalue weighted by atomic mass is 16.6. The topological polar surface area (TPSA) is 62.4 Å². The lowest BCUT2D eigenvalue weighted by atomic mass is 10.2. The van der Waals surface area contributed by atoms with Crippen molar-refractivity contribution in [2.75, 3.05) is 31.1 Å². The zero-order valence-electron chi connectivity index (χ0n) is 17.8. The van der Waals surface area contributed by atoms with E-state index in [4.69, 9.17) is 9.72 Å². The Labute approximate surface area is 176 Å². The second-order valence-corrected chi connectivity index (χ2v) is 8.56. The summed E-state index contributed by atoms with van der Waals surface area (Å²) in [4.78, 5) is 25.6. The van der Waals surface area contributed by atoms with Gasteiger partial charge < -0.3 is 14.5 Å². The Morgan fingerprint density at radius 3 is 2.50 bits per heavy atom. The summed E-state index contributed by atoms with van der Waals surface area (Å²) in [6.45, 7) is 9.09. The van der Waals surface area contributed by atoms with Crippen molar-refractivity contribution in [1.29, 1.82) is 0 Å². The highest BCUT2D eigenvalue weighted by molar-refractivity contribution is 5.73. The maximum absolute atomic E-state index is 12.2. The summed E-state index contributed by atoms with van der Waals surface area (Å²) in [5.74, 6) is 0.840. The first-order valence-electron chi connectivity index (χ1n) is 10.3. The average Bonchev–Trinajstić information content (AvgIpc) is 2.73. The number of carbonyl (C=O) groups is 1. The Bertz CT molecular complexity index is 1020. The van der Waals surface area contributed by atoms with E-state index in [-0.39, 0.29) is 6.09 Å². The zero-order valence-corrected chi connectivity index (χ0v) is 17.8. The van der Waals surface area contributed by atoms with Crippen molar-refractivity contribution in [3.05, 3.63) is 60.6 Å². The van der Waals surface area contributed by atoms with Crippen LogP contribution in [0, 0.1) is 0 Å². The van der Waals surface area contributed by atoms with Crippen molar-refractivity contribution in [2.45, 2.75) is 32.9 Å². The van der Waals surface area contributed by atoms with Crippen LogP contribution in [-0.4, -0.2) is 52.7 Å². The fourth-order valence-electron chi connectivity index (χ4n) is 3.48. The van der Waals surface area contributed by atoms with Crippen LogP contribution in [0.5, 0.6) is 0 Å². The van der Waals surface area contributed by atoms with Gasteiger partial charge in [-0.2, -0.15) is 4.57 Å². The molecule has 0 unspecified atom stereocenters. The first kappa shape index (κ1) is 20.1. The van der Waals surface area contributed by atoms with Crippen LogP contribution in [0.15, 0.2) is 55.0 Å². The monoisotopic (exact) mass is 406 g/mol. The van der Waals surface area contributed by atoms with Gasteiger partial charge in [-0.15, -0.1) is 0 Å². The van der Waals surface area contributed by atoms with Crippen LogP contribution < -0.4 is 9.47 Å². The van der Waals surface area contributed by atoms with Crippen LogP contribution >= 0.6 is 0 Å². The number of pyridine rings is 1. The Balaban J connectivity index is 1.42. The summed E-state index contributed by atoms with van der Waals surface area (Å²) >= 11 is 0. The molecule has 1 aliphatic rings. The van der Waals surface area contributed by atoms with Gasteiger partial charge in [0.15, 0.2) is 24.5 Å². The minimum atomic E-state index is -0.477. The number of ether oxygens (including phenoxy) is 1. The van der Waals surface area contributed by atoms with Gasteiger partial charge in [0.05, 0.1) is 6.20 Å². The van der Waals surface area contributed by atoms with E-state index in [2.05, 4.69) is 26.6 Å². The molecular weight excluding hydrogens is 378 g/mol. The normalized spacial score (nSPS) is 14.8. The minimum absolute atomic E-state index is 0.255. The summed E-state index contributed by atoms with van der Waals surface area (Å²) < 4.78 is 7.58. The lowest BCUT2D eigenvalue weighted by Gasteiger charge is -2.36. The molecule has 30 heavy (non-hydrogen) atoms. The van der Waals surface area contributed by atoms with Crippen molar-refractivity contribution >= 4 is 22.9 Å². The molecule has 1 saturated heterocycles. The summed E-state index contributed by atoms with van der Waals surface area (Å²) in [5.41, 5.74) is 2.50. The van der Waals surface area contributed by atoms with Crippen LogP contribution in [0.2, 0.25) is 0 Å². The maximum Gasteiger partial charge on any atom is 0.410 e. The average molecular weight is 407 g/mol. The van der Waals surface area contributed by atoms with Crippen molar-refractivity contribution in [1.82, 2.24) is 14.9 Å². The molecule has 3 aromatic rings. The predicted molar refractivity (Wildman–Crippen MR) is 115 cm³/mol. The molecule has 2 aromatic heterocycles. The number of amides is 1. The van der Waals surface area contributed by atoms with Crippen molar-refractivity contribution in [3.8, 4) is 0 Å². The number of anilines is 1. The fourth-order valence-corrected chi connectivity index (χ4v) is 3.48. The molecule has 1 aromatic carbocycles. The van der Waals surface area contributed by atoms with Gasteiger partial charge in [0.2, 0.25) is 0 Å². The van der Waals surface area contributed by atoms with Gasteiger partial charge in [0.25, 0.3) is 0 Å². The van der Waals surface area contributed by atoms with Gasteiger partial charge in [0.1, 0.15) is 16.9 Å². The third kappa shape index (κ3) is 4.84. The first-order chi connectivity index (χ1) is 14.4. The third-order valence-corrected chi connectivity index (χ3v) is 4.99. The molecule has 156 valence electrons. The van der Waals surface area contributed by atoms with E-state index >= 15 is 0 Å². The molecule has 7 nitrogen and oxygen atoms in total. The van der Waals surface area contributed by atoms with Crippen LogP contribution in [0.1, 0.15) is 26.3 Å². The van der Waals surface area contributed by atoms with Gasteiger partial charge in [-0.25, -0.2) is 14.8 Å². The molecule has 1 aliphatic heterocycles. The third-order valence-electron chi connectivity index (χ3n) is 4.99. The van der Waals surface area contributed by atoms with E-state index in [0.717, 1.165) is 23.4 Å². The summed E-state index contributed by atoms with van der Waals surface area (Å²) in [5, 5.41) is 0. The predicted octanol–water partition coefficient (Wildman–Crippen LogP) is 3.02. The molecule has 0 N–H and O–H groups in total. The van der Waals surface area contributed by atoms with Gasteiger partial charge in [-0.05, 0) is 20.8 Å². The largest absolute Gasteiger partial charge is 0.444 e. The van der Waals surface area contributed by atoms with Crippen LogP contribution in [-0.2, 0) is 11.3 Å². The van der Waals surface area contributed by atoms with E-state index < -0.39 is 5.60 Å². The minimum Gasteiger partial charge on any atom is -0.444 e. The molecule has 7 heteroatoms. The second-order valence-electron chi connectivity index (χ2n) is 8.56. The lowest BCUT2D eigenvalue weighted by molar-refractivity contribution is -0.687. The Morgan fingerprint density at radius 1 is 1.07 bits per heavy atom. The van der Waals surface area contributed by atoms with E-state index in [1.54, 1.807) is 4.90 Å². The van der Waals surface area contributed by atoms with Crippen LogP contribution in [0.3, 0.4) is 0 Å². The highest BCUT2D eigenvalue weighted by Crippen LogP contribution is 2.18. The van der Waals surface area contributed by atoms with Crippen molar-refractivity contribution in [3.63, 3.8) is 0 Å². The second kappa shape index (κ2) is 8.26. The molecule has 4 rings (SSSR count). The first-order valence-corrected chi connectivity index (χ1v) is 10.3. The zero-order chi connectivity index (χ0) is 21.1. The number of fused-ring (bicyclic) bond motifs is 1. The smallest absolute Gasteiger partial charge is 0.410 e. The van der Waals surface area contributed by atoms with E-state index in [0.29, 0.717) is 26.2 Å². The SMILES string of the molecule is CC(C)(C)OC(=O)N1CCN(c2cnc3c[n+](Cc4ccccc4)ccc3n2)CC1. The van der Waals surface area contributed by atoms with Gasteiger partial charge >= 0.3 is 6.09 Å². The quantitative estimate of drug-likeness (QED) is 0.626. The number of rotatable bonds is 3. The Hall–Kier alpha value is -3.22. The van der Waals surface area contributed by atoms with E-state index in [9.17, 15) is 4.79 Å². The Kier molecular flexibility index (Phi) is 5.53. The lowest BCUT2D eigenvalue weighted by Crippen LogP contribution is -2.50. The molecule has 1 amide bonds. The van der Waals surface area contributed by atoms with E-state index in [1.165, 1.54) is 5.56 Å². The summed E-state index contributed by atoms with van der Waals surface area (Å²) in [6, 6.07) is 12.4. The van der Waals surface area contributed by atoms with Crippen LogP contribution in [0.4, 0.5) is 10.6 Å². The standard InChI is InChI=1S/C23H28N5O2/c1-23(2,3)30-22(29)28-13-11-27(12-14-28)21-15-24-20-17-26(10-9-19(20)25-21)16-18-7-5-4-6-8-18/h4-10,15,17H,11-14,16H2,1-3H3/q+1. The fraction of sp³-hybridized carbons (Fsp3) is 0.391. The molecule has 0 spiro atoms. The van der Waals surface area contributed by atoms with Crippen LogP contribution in [0.25, 0.3) is 11.0 Å². The highest BCUT2D eigenvalue weighted by Gasteiger charge is 2.26. The van der Waals surface area contributed by atoms with Gasteiger partial charge in [-0.1, -0.05) is 30.3 Å². The molecule has 1 fully saturated rings.